The Balaban J connectivity index is 2.19. The lowest BCUT2D eigenvalue weighted by molar-refractivity contribution is -0.136. The van der Waals surface area contributed by atoms with E-state index in [1.54, 1.807) is 4.90 Å². The molecule has 0 spiro atoms. The Morgan fingerprint density at radius 1 is 1.42 bits per heavy atom. The number of rotatable bonds is 4. The van der Waals surface area contributed by atoms with Crippen LogP contribution in [0.25, 0.3) is 0 Å². The molecule has 1 N–H and O–H groups in total. The summed E-state index contributed by atoms with van der Waals surface area (Å²) in [5, 5.41) is 12.6. The summed E-state index contributed by atoms with van der Waals surface area (Å²) in [5.41, 5.74) is 0.468. The van der Waals surface area contributed by atoms with Crippen molar-refractivity contribution in [2.45, 2.75) is 39.7 Å². The highest BCUT2D eigenvalue weighted by Crippen LogP contribution is 2.24. The van der Waals surface area contributed by atoms with E-state index in [0.29, 0.717) is 24.3 Å². The second-order valence-corrected chi connectivity index (χ2v) is 4.76. The van der Waals surface area contributed by atoms with Crippen LogP contribution in [0, 0.1) is 5.92 Å². The van der Waals surface area contributed by atoms with Gasteiger partial charge in [-0.15, -0.1) is 0 Å². The van der Waals surface area contributed by atoms with E-state index in [0.717, 1.165) is 12.8 Å². The SMILES string of the molecule is CCC(CC)C(=O)N1CCc2onc(C(=O)O)c2C1. The molecule has 19 heavy (non-hydrogen) atoms. The molecule has 0 atom stereocenters. The molecule has 0 fully saturated rings. The monoisotopic (exact) mass is 266 g/mol. The van der Waals surface area contributed by atoms with E-state index < -0.39 is 5.97 Å². The fourth-order valence-electron chi connectivity index (χ4n) is 2.46. The summed E-state index contributed by atoms with van der Waals surface area (Å²) in [4.78, 5) is 25.0. The minimum atomic E-state index is -1.11. The summed E-state index contributed by atoms with van der Waals surface area (Å²) in [7, 11) is 0. The fourth-order valence-corrected chi connectivity index (χ4v) is 2.46. The number of hydrogen-bond donors (Lipinski definition) is 1. The maximum atomic E-state index is 12.3. The van der Waals surface area contributed by atoms with E-state index in [9.17, 15) is 9.59 Å². The van der Waals surface area contributed by atoms with Crippen molar-refractivity contribution >= 4 is 11.9 Å². The molecule has 0 saturated heterocycles. The van der Waals surface area contributed by atoms with Gasteiger partial charge >= 0.3 is 5.97 Å². The van der Waals surface area contributed by atoms with Crippen LogP contribution in [0.15, 0.2) is 4.52 Å². The Labute approximate surface area is 111 Å². The van der Waals surface area contributed by atoms with E-state index in [1.165, 1.54) is 0 Å². The predicted octanol–water partition coefficient (Wildman–Crippen LogP) is 1.69. The molecule has 1 amide bonds. The Hall–Kier alpha value is -1.85. The molecular formula is C13H18N2O4. The van der Waals surface area contributed by atoms with Gasteiger partial charge in [-0.25, -0.2) is 4.79 Å². The largest absolute Gasteiger partial charge is 0.476 e. The minimum absolute atomic E-state index is 0.00897. The van der Waals surface area contributed by atoms with Crippen LogP contribution in [0.1, 0.15) is 48.5 Å². The number of fused-ring (bicyclic) bond motifs is 1. The van der Waals surface area contributed by atoms with Crippen molar-refractivity contribution in [3.8, 4) is 0 Å². The molecule has 1 aromatic heterocycles. The lowest BCUT2D eigenvalue weighted by Gasteiger charge is -2.29. The summed E-state index contributed by atoms with van der Waals surface area (Å²) in [6.45, 7) is 4.83. The first-order valence-electron chi connectivity index (χ1n) is 6.57. The van der Waals surface area contributed by atoms with Crippen molar-refractivity contribution in [1.82, 2.24) is 10.1 Å². The lowest BCUT2D eigenvalue weighted by atomic mass is 9.99. The summed E-state index contributed by atoms with van der Waals surface area (Å²) < 4.78 is 5.02. The first kappa shape index (κ1) is 13.6. The zero-order valence-electron chi connectivity index (χ0n) is 11.2. The van der Waals surface area contributed by atoms with E-state index in [2.05, 4.69) is 5.16 Å². The zero-order valence-corrected chi connectivity index (χ0v) is 11.2. The minimum Gasteiger partial charge on any atom is -0.476 e. The molecule has 104 valence electrons. The van der Waals surface area contributed by atoms with Gasteiger partial charge in [0.15, 0.2) is 5.69 Å². The van der Waals surface area contributed by atoms with Crippen LogP contribution in [0.5, 0.6) is 0 Å². The number of hydrogen-bond acceptors (Lipinski definition) is 4. The van der Waals surface area contributed by atoms with Crippen molar-refractivity contribution < 1.29 is 19.2 Å². The van der Waals surface area contributed by atoms with Crippen LogP contribution < -0.4 is 0 Å². The molecule has 0 aliphatic carbocycles. The zero-order chi connectivity index (χ0) is 14.0. The summed E-state index contributed by atoms with van der Waals surface area (Å²) in [5.74, 6) is -0.421. The third-order valence-corrected chi connectivity index (χ3v) is 3.68. The fraction of sp³-hybridized carbons (Fsp3) is 0.615. The number of carboxylic acids is 1. The smallest absolute Gasteiger partial charge is 0.358 e. The lowest BCUT2D eigenvalue weighted by Crippen LogP contribution is -2.39. The van der Waals surface area contributed by atoms with Crippen molar-refractivity contribution in [2.24, 2.45) is 5.92 Å². The third-order valence-electron chi connectivity index (χ3n) is 3.68. The van der Waals surface area contributed by atoms with Crippen LogP contribution in [-0.2, 0) is 17.8 Å². The van der Waals surface area contributed by atoms with Crippen molar-refractivity contribution in [1.29, 1.82) is 0 Å². The number of aromatic carboxylic acids is 1. The van der Waals surface area contributed by atoms with E-state index in [4.69, 9.17) is 9.63 Å². The second kappa shape index (κ2) is 5.42. The van der Waals surface area contributed by atoms with Gasteiger partial charge in [-0.1, -0.05) is 19.0 Å². The van der Waals surface area contributed by atoms with Crippen molar-refractivity contribution in [3.63, 3.8) is 0 Å². The number of aromatic nitrogens is 1. The van der Waals surface area contributed by atoms with Crippen molar-refractivity contribution in [3.05, 3.63) is 17.0 Å². The number of nitrogens with zero attached hydrogens (tertiary/aromatic N) is 2. The Kier molecular flexibility index (Phi) is 3.87. The molecule has 0 aromatic carbocycles. The number of carbonyl (C=O) groups is 2. The highest BCUT2D eigenvalue weighted by Gasteiger charge is 2.31. The molecular weight excluding hydrogens is 248 g/mol. The first-order valence-corrected chi connectivity index (χ1v) is 6.57. The van der Waals surface area contributed by atoms with Gasteiger partial charge in [0.1, 0.15) is 5.76 Å². The molecule has 6 nitrogen and oxygen atoms in total. The van der Waals surface area contributed by atoms with Gasteiger partial charge in [-0.2, -0.15) is 0 Å². The molecule has 0 unspecified atom stereocenters. The molecule has 0 bridgehead atoms. The normalized spacial score (nSPS) is 14.6. The van der Waals surface area contributed by atoms with Gasteiger partial charge in [0.25, 0.3) is 0 Å². The average Bonchev–Trinajstić information content (AvgIpc) is 2.82. The van der Waals surface area contributed by atoms with Crippen LogP contribution in [0.3, 0.4) is 0 Å². The van der Waals surface area contributed by atoms with Crippen LogP contribution in [0.2, 0.25) is 0 Å². The molecule has 0 saturated carbocycles. The van der Waals surface area contributed by atoms with Gasteiger partial charge in [0.2, 0.25) is 5.91 Å². The highest BCUT2D eigenvalue weighted by atomic mass is 16.5. The predicted molar refractivity (Wildman–Crippen MR) is 66.7 cm³/mol. The summed E-state index contributed by atoms with van der Waals surface area (Å²) in [6, 6.07) is 0. The molecule has 1 aliphatic heterocycles. The molecule has 2 rings (SSSR count). The molecule has 2 heterocycles. The van der Waals surface area contributed by atoms with Gasteiger partial charge in [-0.05, 0) is 12.8 Å². The van der Waals surface area contributed by atoms with Crippen LogP contribution in [-0.4, -0.2) is 33.6 Å². The van der Waals surface area contributed by atoms with Gasteiger partial charge < -0.3 is 14.5 Å². The average molecular weight is 266 g/mol. The van der Waals surface area contributed by atoms with Crippen molar-refractivity contribution in [2.75, 3.05) is 6.54 Å². The first-order chi connectivity index (χ1) is 9.08. The molecule has 1 aromatic rings. The maximum Gasteiger partial charge on any atom is 0.358 e. The van der Waals surface area contributed by atoms with Crippen LogP contribution >= 0.6 is 0 Å². The molecule has 0 radical (unpaired) electrons. The second-order valence-electron chi connectivity index (χ2n) is 4.76. The standard InChI is InChI=1S/C13H18N2O4/c1-3-8(4-2)12(16)15-6-5-10-9(7-15)11(13(17)18)14-19-10/h8H,3-7H2,1-2H3,(H,17,18). The Bertz CT molecular complexity index is 491. The Morgan fingerprint density at radius 2 is 2.11 bits per heavy atom. The van der Waals surface area contributed by atoms with Gasteiger partial charge in [0, 0.05) is 24.4 Å². The molecule has 1 aliphatic rings. The Morgan fingerprint density at radius 3 is 2.68 bits per heavy atom. The van der Waals surface area contributed by atoms with E-state index in [-0.39, 0.29) is 24.1 Å². The topological polar surface area (TPSA) is 83.6 Å². The maximum absolute atomic E-state index is 12.3. The highest BCUT2D eigenvalue weighted by molar-refractivity contribution is 5.87. The van der Waals surface area contributed by atoms with Gasteiger partial charge in [-0.3, -0.25) is 4.79 Å². The van der Waals surface area contributed by atoms with Crippen LogP contribution in [0.4, 0.5) is 0 Å². The number of carboxylic acid groups (broad SMARTS) is 1. The summed E-state index contributed by atoms with van der Waals surface area (Å²) >= 11 is 0. The van der Waals surface area contributed by atoms with E-state index in [1.807, 2.05) is 13.8 Å². The number of carbonyl (C=O) groups excluding carboxylic acids is 1. The van der Waals surface area contributed by atoms with Gasteiger partial charge in [0.05, 0.1) is 6.54 Å². The summed E-state index contributed by atoms with van der Waals surface area (Å²) in [6.07, 6.45) is 2.13. The van der Waals surface area contributed by atoms with E-state index >= 15 is 0 Å². The number of amides is 1. The molecule has 6 heteroatoms. The third kappa shape index (κ3) is 2.47. The quantitative estimate of drug-likeness (QED) is 0.896.